The second-order valence-electron chi connectivity index (χ2n) is 4.23. The summed E-state index contributed by atoms with van der Waals surface area (Å²) in [6.45, 7) is 2.48. The normalized spacial score (nSPS) is 13.9. The molecule has 1 amide bonds. The Kier molecular flexibility index (Phi) is 3.57. The van der Waals surface area contributed by atoms with Crippen molar-refractivity contribution in [3.05, 3.63) is 35.4 Å². The Labute approximate surface area is 96.5 Å². The summed E-state index contributed by atoms with van der Waals surface area (Å²) in [7, 11) is 1.91. The second kappa shape index (κ2) is 5.12. The molecule has 3 heteroatoms. The summed E-state index contributed by atoms with van der Waals surface area (Å²) in [5.41, 5.74) is 2.59. The van der Waals surface area contributed by atoms with E-state index in [9.17, 15) is 4.79 Å². The summed E-state index contributed by atoms with van der Waals surface area (Å²) >= 11 is 0. The van der Waals surface area contributed by atoms with Gasteiger partial charge in [0.05, 0.1) is 0 Å². The number of hydrogen-bond donors (Lipinski definition) is 1. The molecule has 1 heterocycles. The van der Waals surface area contributed by atoms with E-state index in [0.717, 1.165) is 26.1 Å². The van der Waals surface area contributed by atoms with Crippen LogP contribution in [0.1, 0.15) is 24.0 Å². The van der Waals surface area contributed by atoms with E-state index in [2.05, 4.69) is 17.4 Å². The van der Waals surface area contributed by atoms with Gasteiger partial charge in [-0.05, 0) is 31.1 Å². The number of fused-ring (bicyclic) bond motifs is 1. The van der Waals surface area contributed by atoms with Crippen molar-refractivity contribution in [2.75, 3.05) is 13.6 Å². The molecule has 0 saturated carbocycles. The summed E-state index contributed by atoms with van der Waals surface area (Å²) in [5.74, 6) is 0.270. The van der Waals surface area contributed by atoms with Crippen molar-refractivity contribution in [1.29, 1.82) is 0 Å². The highest BCUT2D eigenvalue weighted by Gasteiger charge is 2.21. The van der Waals surface area contributed by atoms with Crippen LogP contribution < -0.4 is 5.32 Å². The van der Waals surface area contributed by atoms with Crippen molar-refractivity contribution in [2.24, 2.45) is 0 Å². The maximum Gasteiger partial charge on any atom is 0.223 e. The van der Waals surface area contributed by atoms with Gasteiger partial charge in [0, 0.05) is 19.5 Å². The van der Waals surface area contributed by atoms with Crippen LogP contribution in [0.3, 0.4) is 0 Å². The molecule has 3 nitrogen and oxygen atoms in total. The van der Waals surface area contributed by atoms with E-state index in [-0.39, 0.29) is 5.91 Å². The third-order valence-electron chi connectivity index (χ3n) is 3.01. The van der Waals surface area contributed by atoms with E-state index in [4.69, 9.17) is 0 Å². The van der Waals surface area contributed by atoms with Gasteiger partial charge >= 0.3 is 0 Å². The number of benzene rings is 1. The molecular weight excluding hydrogens is 200 g/mol. The number of carbonyl (C=O) groups is 1. The standard InChI is InChI=1S/C13H18N2O/c1-14-8-4-7-13(16)15-9-11-5-2-3-6-12(11)10-15/h2-3,5-6,14H,4,7-10H2,1H3. The first-order chi connectivity index (χ1) is 7.81. The zero-order chi connectivity index (χ0) is 11.4. The van der Waals surface area contributed by atoms with Crippen molar-refractivity contribution >= 4 is 5.91 Å². The first-order valence-corrected chi connectivity index (χ1v) is 5.80. The summed E-state index contributed by atoms with van der Waals surface area (Å²) in [6.07, 6.45) is 1.57. The van der Waals surface area contributed by atoms with Crippen LogP contribution in [0.4, 0.5) is 0 Å². The Bertz CT molecular complexity index is 351. The Balaban J connectivity index is 1.88. The van der Waals surface area contributed by atoms with Crippen molar-refractivity contribution in [1.82, 2.24) is 10.2 Å². The molecule has 16 heavy (non-hydrogen) atoms. The van der Waals surface area contributed by atoms with E-state index < -0.39 is 0 Å². The average Bonchev–Trinajstić information content (AvgIpc) is 2.73. The highest BCUT2D eigenvalue weighted by molar-refractivity contribution is 5.76. The summed E-state index contributed by atoms with van der Waals surface area (Å²) in [4.78, 5) is 13.8. The minimum Gasteiger partial charge on any atom is -0.334 e. The van der Waals surface area contributed by atoms with E-state index in [1.807, 2.05) is 24.1 Å². The molecule has 1 aliphatic heterocycles. The van der Waals surface area contributed by atoms with Crippen LogP contribution in [0.2, 0.25) is 0 Å². The monoisotopic (exact) mass is 218 g/mol. The first kappa shape index (κ1) is 11.1. The molecule has 1 N–H and O–H groups in total. The van der Waals surface area contributed by atoms with Crippen molar-refractivity contribution in [3.8, 4) is 0 Å². The van der Waals surface area contributed by atoms with Gasteiger partial charge in [-0.25, -0.2) is 0 Å². The topological polar surface area (TPSA) is 32.3 Å². The van der Waals surface area contributed by atoms with Crippen LogP contribution in [-0.2, 0) is 17.9 Å². The molecule has 1 aliphatic rings. The van der Waals surface area contributed by atoms with Crippen LogP contribution in [-0.4, -0.2) is 24.4 Å². The summed E-state index contributed by atoms with van der Waals surface area (Å²) < 4.78 is 0. The highest BCUT2D eigenvalue weighted by atomic mass is 16.2. The lowest BCUT2D eigenvalue weighted by molar-refractivity contribution is -0.131. The Hall–Kier alpha value is -1.35. The van der Waals surface area contributed by atoms with E-state index in [1.54, 1.807) is 0 Å². The molecule has 0 aromatic heterocycles. The fourth-order valence-electron chi connectivity index (χ4n) is 2.08. The number of hydrogen-bond acceptors (Lipinski definition) is 2. The predicted molar refractivity (Wildman–Crippen MR) is 63.9 cm³/mol. The lowest BCUT2D eigenvalue weighted by Gasteiger charge is -2.15. The molecule has 0 saturated heterocycles. The Morgan fingerprint density at radius 3 is 2.50 bits per heavy atom. The van der Waals surface area contributed by atoms with Gasteiger partial charge in [-0.2, -0.15) is 0 Å². The third-order valence-corrected chi connectivity index (χ3v) is 3.01. The van der Waals surface area contributed by atoms with E-state index in [0.29, 0.717) is 6.42 Å². The maximum atomic E-state index is 11.9. The highest BCUT2D eigenvalue weighted by Crippen LogP contribution is 2.22. The van der Waals surface area contributed by atoms with Crippen LogP contribution in [0, 0.1) is 0 Å². The van der Waals surface area contributed by atoms with Crippen LogP contribution in [0.15, 0.2) is 24.3 Å². The fraction of sp³-hybridized carbons (Fsp3) is 0.462. The van der Waals surface area contributed by atoms with Gasteiger partial charge in [-0.15, -0.1) is 0 Å². The van der Waals surface area contributed by atoms with Crippen LogP contribution >= 0.6 is 0 Å². The molecular formula is C13H18N2O. The number of carbonyl (C=O) groups excluding carboxylic acids is 1. The minimum atomic E-state index is 0.270. The summed E-state index contributed by atoms with van der Waals surface area (Å²) in [6, 6.07) is 8.29. The van der Waals surface area contributed by atoms with Crippen molar-refractivity contribution in [2.45, 2.75) is 25.9 Å². The smallest absolute Gasteiger partial charge is 0.223 e. The average molecular weight is 218 g/mol. The molecule has 1 aromatic carbocycles. The molecule has 0 spiro atoms. The molecule has 0 unspecified atom stereocenters. The van der Waals surface area contributed by atoms with E-state index >= 15 is 0 Å². The first-order valence-electron chi connectivity index (χ1n) is 5.80. The molecule has 1 aromatic rings. The second-order valence-corrected chi connectivity index (χ2v) is 4.23. The zero-order valence-corrected chi connectivity index (χ0v) is 9.70. The van der Waals surface area contributed by atoms with Gasteiger partial charge in [0.25, 0.3) is 0 Å². The Morgan fingerprint density at radius 1 is 1.31 bits per heavy atom. The maximum absolute atomic E-state index is 11.9. The summed E-state index contributed by atoms with van der Waals surface area (Å²) in [5, 5.41) is 3.06. The molecule has 0 aliphatic carbocycles. The zero-order valence-electron chi connectivity index (χ0n) is 9.70. The lowest BCUT2D eigenvalue weighted by atomic mass is 10.1. The number of nitrogens with zero attached hydrogens (tertiary/aromatic N) is 1. The van der Waals surface area contributed by atoms with Gasteiger partial charge < -0.3 is 10.2 Å². The number of rotatable bonds is 4. The largest absolute Gasteiger partial charge is 0.334 e. The predicted octanol–water partition coefficient (Wildman–Crippen LogP) is 1.53. The number of nitrogens with one attached hydrogen (secondary N) is 1. The molecule has 0 radical (unpaired) electrons. The third kappa shape index (κ3) is 2.42. The molecule has 0 bridgehead atoms. The van der Waals surface area contributed by atoms with Gasteiger partial charge in [-0.1, -0.05) is 24.3 Å². The van der Waals surface area contributed by atoms with Crippen molar-refractivity contribution in [3.63, 3.8) is 0 Å². The Morgan fingerprint density at radius 2 is 1.94 bits per heavy atom. The van der Waals surface area contributed by atoms with Gasteiger partial charge in [0.1, 0.15) is 0 Å². The molecule has 2 rings (SSSR count). The lowest BCUT2D eigenvalue weighted by Crippen LogP contribution is -2.25. The van der Waals surface area contributed by atoms with Gasteiger partial charge in [-0.3, -0.25) is 4.79 Å². The SMILES string of the molecule is CNCCCC(=O)N1Cc2ccccc2C1. The van der Waals surface area contributed by atoms with Gasteiger partial charge in [0.15, 0.2) is 0 Å². The van der Waals surface area contributed by atoms with Crippen molar-refractivity contribution < 1.29 is 4.79 Å². The molecule has 0 atom stereocenters. The number of amides is 1. The van der Waals surface area contributed by atoms with Gasteiger partial charge in [0.2, 0.25) is 5.91 Å². The van der Waals surface area contributed by atoms with E-state index in [1.165, 1.54) is 11.1 Å². The van der Waals surface area contributed by atoms with Crippen LogP contribution in [0.5, 0.6) is 0 Å². The minimum absolute atomic E-state index is 0.270. The fourth-order valence-corrected chi connectivity index (χ4v) is 2.08. The molecule has 86 valence electrons. The quantitative estimate of drug-likeness (QED) is 0.777. The molecule has 0 fully saturated rings. The van der Waals surface area contributed by atoms with Crippen LogP contribution in [0.25, 0.3) is 0 Å².